The number of amidine groups is 1. The van der Waals surface area contributed by atoms with Crippen LogP contribution < -0.4 is 16.4 Å². The van der Waals surface area contributed by atoms with E-state index in [0.29, 0.717) is 25.3 Å². The van der Waals surface area contributed by atoms with Crippen LogP contribution in [0.25, 0.3) is 5.57 Å². The third-order valence-electron chi connectivity index (χ3n) is 4.58. The van der Waals surface area contributed by atoms with Crippen LogP contribution in [-0.2, 0) is 5.41 Å². The minimum atomic E-state index is -4.54. The van der Waals surface area contributed by atoms with E-state index in [4.69, 9.17) is 5.73 Å². The number of benzene rings is 1. The van der Waals surface area contributed by atoms with Gasteiger partial charge in [-0.15, -0.1) is 0 Å². The van der Waals surface area contributed by atoms with Gasteiger partial charge in [0.1, 0.15) is 5.84 Å². The Labute approximate surface area is 184 Å². The molecule has 1 aromatic rings. The summed E-state index contributed by atoms with van der Waals surface area (Å²) in [4.78, 5) is 4.03. The summed E-state index contributed by atoms with van der Waals surface area (Å²) >= 11 is 0. The van der Waals surface area contributed by atoms with Crippen LogP contribution in [0.15, 0.2) is 53.3 Å². The van der Waals surface area contributed by atoms with Gasteiger partial charge in [-0.25, -0.2) is 4.99 Å². The van der Waals surface area contributed by atoms with Crippen LogP contribution in [0.1, 0.15) is 59.1 Å². The number of nitrogens with zero attached hydrogens (tertiary/aromatic N) is 1. The highest BCUT2D eigenvalue weighted by Gasteiger charge is 2.36. The lowest BCUT2D eigenvalue weighted by Gasteiger charge is -2.24. The average Bonchev–Trinajstić information content (AvgIpc) is 2.64. The monoisotopic (exact) mass is 436 g/mol. The molecule has 0 spiro atoms. The molecule has 7 heteroatoms. The van der Waals surface area contributed by atoms with Crippen molar-refractivity contribution in [3.8, 4) is 0 Å². The number of nitrogens with one attached hydrogen (secondary N) is 2. The largest absolute Gasteiger partial charge is 0.419 e. The van der Waals surface area contributed by atoms with Crippen molar-refractivity contribution in [3.05, 3.63) is 59.5 Å². The topological polar surface area (TPSA) is 62.4 Å². The van der Waals surface area contributed by atoms with Crippen LogP contribution in [0, 0.1) is 0 Å². The average molecular weight is 437 g/mol. The number of hydrogen-bond donors (Lipinski definition) is 3. The highest BCUT2D eigenvalue weighted by atomic mass is 19.4. The number of aliphatic imine (C=N–C) groups is 1. The molecule has 0 fully saturated rings. The molecule has 0 unspecified atom stereocenters. The van der Waals surface area contributed by atoms with Crippen LogP contribution in [0.2, 0.25) is 0 Å². The fourth-order valence-electron chi connectivity index (χ4n) is 2.99. The van der Waals surface area contributed by atoms with E-state index in [9.17, 15) is 13.2 Å². The third kappa shape index (κ3) is 8.25. The minimum absolute atomic E-state index is 0.0154. The Balaban J connectivity index is 3.20. The number of halogens is 3. The number of hydrogen-bond acceptors (Lipinski definition) is 3. The number of allylic oxidation sites excluding steroid dienone is 3. The molecular formula is C24H35F3N4. The number of alkyl halides is 3. The van der Waals surface area contributed by atoms with Crippen molar-refractivity contribution >= 4 is 17.1 Å². The first-order valence-corrected chi connectivity index (χ1v) is 10.3. The molecule has 172 valence electrons. The molecule has 0 aliphatic heterocycles. The van der Waals surface area contributed by atoms with E-state index in [1.807, 2.05) is 25.1 Å². The smallest absolute Gasteiger partial charge is 0.385 e. The Morgan fingerprint density at radius 3 is 2.32 bits per heavy atom. The van der Waals surface area contributed by atoms with Gasteiger partial charge < -0.3 is 16.4 Å². The van der Waals surface area contributed by atoms with Crippen molar-refractivity contribution in [2.75, 3.05) is 18.4 Å². The van der Waals surface area contributed by atoms with Gasteiger partial charge in [-0.2, -0.15) is 13.2 Å². The highest BCUT2D eigenvalue weighted by molar-refractivity contribution is 5.94. The first kappa shape index (κ1) is 26.5. The van der Waals surface area contributed by atoms with Gasteiger partial charge in [0.05, 0.1) is 5.57 Å². The predicted octanol–water partition coefficient (Wildman–Crippen LogP) is 6.14. The van der Waals surface area contributed by atoms with Crippen LogP contribution in [0.4, 0.5) is 18.9 Å². The zero-order chi connectivity index (χ0) is 23.8. The summed E-state index contributed by atoms with van der Waals surface area (Å²) in [5, 5.41) is 5.87. The Hall–Kier alpha value is -2.54. The molecule has 0 aliphatic carbocycles. The molecule has 0 aliphatic rings. The lowest BCUT2D eigenvalue weighted by atomic mass is 9.82. The van der Waals surface area contributed by atoms with E-state index in [1.54, 1.807) is 13.8 Å². The van der Waals surface area contributed by atoms with Crippen molar-refractivity contribution in [1.82, 2.24) is 5.32 Å². The van der Waals surface area contributed by atoms with Gasteiger partial charge in [-0.3, -0.25) is 0 Å². The lowest BCUT2D eigenvalue weighted by molar-refractivity contribution is -0.0900. The Morgan fingerprint density at radius 1 is 1.19 bits per heavy atom. The maximum atomic E-state index is 13.6. The van der Waals surface area contributed by atoms with Crippen molar-refractivity contribution in [1.29, 1.82) is 0 Å². The number of rotatable bonds is 8. The van der Waals surface area contributed by atoms with Gasteiger partial charge in [0.15, 0.2) is 0 Å². The van der Waals surface area contributed by atoms with Crippen molar-refractivity contribution in [2.24, 2.45) is 10.7 Å². The zero-order valence-electron chi connectivity index (χ0n) is 19.4. The summed E-state index contributed by atoms with van der Waals surface area (Å²) in [6, 6.07) is 5.83. The maximum Gasteiger partial charge on any atom is 0.419 e. The van der Waals surface area contributed by atoms with E-state index in [2.05, 4.69) is 43.0 Å². The summed E-state index contributed by atoms with van der Waals surface area (Å²) in [6.45, 7) is 16.2. The Kier molecular flexibility index (Phi) is 9.56. The second-order valence-electron chi connectivity index (χ2n) is 8.44. The summed E-state index contributed by atoms with van der Waals surface area (Å²) in [7, 11) is 0. The minimum Gasteiger partial charge on any atom is -0.385 e. The summed E-state index contributed by atoms with van der Waals surface area (Å²) in [5.41, 5.74) is 8.34. The SMILES string of the molecule is C=C(C)c1ccc(N/C(C)=N/C=C(\C(=C/C)NCCCN)C(F)(F)F)cc1C(C)(C)C. The van der Waals surface area contributed by atoms with Crippen molar-refractivity contribution in [2.45, 2.75) is 59.6 Å². The number of anilines is 1. The fourth-order valence-corrected chi connectivity index (χ4v) is 2.99. The van der Waals surface area contributed by atoms with Gasteiger partial charge >= 0.3 is 6.18 Å². The first-order valence-electron chi connectivity index (χ1n) is 10.3. The van der Waals surface area contributed by atoms with Gasteiger partial charge in [-0.05, 0) is 62.4 Å². The van der Waals surface area contributed by atoms with Gasteiger partial charge in [0.2, 0.25) is 0 Å². The van der Waals surface area contributed by atoms with Crippen molar-refractivity contribution in [3.63, 3.8) is 0 Å². The molecule has 0 saturated carbocycles. The van der Waals surface area contributed by atoms with Crippen LogP contribution in [0.3, 0.4) is 0 Å². The molecule has 31 heavy (non-hydrogen) atoms. The number of nitrogens with two attached hydrogens (primary N) is 1. The molecule has 0 atom stereocenters. The van der Waals surface area contributed by atoms with E-state index >= 15 is 0 Å². The van der Waals surface area contributed by atoms with Crippen molar-refractivity contribution < 1.29 is 13.2 Å². The molecule has 0 aromatic heterocycles. The predicted molar refractivity (Wildman–Crippen MR) is 126 cm³/mol. The first-order chi connectivity index (χ1) is 14.3. The summed E-state index contributed by atoms with van der Waals surface area (Å²) in [5.74, 6) is 0.349. The summed E-state index contributed by atoms with van der Waals surface area (Å²) in [6.07, 6.45) is -1.73. The molecule has 0 amide bonds. The van der Waals surface area contributed by atoms with Gasteiger partial charge in [0.25, 0.3) is 0 Å². The lowest BCUT2D eigenvalue weighted by Crippen LogP contribution is -2.25. The van der Waals surface area contributed by atoms with E-state index < -0.39 is 11.7 Å². The Bertz CT molecular complexity index is 857. The molecular weight excluding hydrogens is 401 g/mol. The second kappa shape index (κ2) is 11.2. The van der Waals surface area contributed by atoms with E-state index in [1.165, 1.54) is 6.08 Å². The quantitative estimate of drug-likeness (QED) is 0.199. The fraction of sp³-hybridized carbons (Fsp3) is 0.458. The molecule has 0 bridgehead atoms. The Morgan fingerprint density at radius 2 is 1.84 bits per heavy atom. The molecule has 0 saturated heterocycles. The molecule has 0 radical (unpaired) electrons. The van der Waals surface area contributed by atoms with Crippen LogP contribution in [-0.4, -0.2) is 25.1 Å². The molecule has 1 aromatic carbocycles. The maximum absolute atomic E-state index is 13.6. The second-order valence-corrected chi connectivity index (χ2v) is 8.44. The third-order valence-corrected chi connectivity index (χ3v) is 4.58. The zero-order valence-corrected chi connectivity index (χ0v) is 19.4. The van der Waals surface area contributed by atoms with Crippen LogP contribution in [0.5, 0.6) is 0 Å². The molecule has 4 N–H and O–H groups in total. The van der Waals surface area contributed by atoms with Gasteiger partial charge in [0, 0.05) is 24.1 Å². The molecule has 1 rings (SSSR count). The van der Waals surface area contributed by atoms with Crippen LogP contribution >= 0.6 is 0 Å². The normalized spacial score (nSPS) is 13.9. The standard InChI is InChI=1S/C24H35F3N4/c1-8-22(29-13-9-12-28)21(24(25,26)27)15-30-17(4)31-18-10-11-19(16(2)3)20(14-18)23(5,6)7/h8,10-11,14-15,29H,2,9,12-13,28H2,1,3-7H3,(H,30,31)/b21-15+,22-8+. The highest BCUT2D eigenvalue weighted by Crippen LogP contribution is 2.32. The summed E-state index contributed by atoms with van der Waals surface area (Å²) < 4.78 is 40.7. The molecule has 0 heterocycles. The van der Waals surface area contributed by atoms with E-state index in [0.717, 1.165) is 28.6 Å². The van der Waals surface area contributed by atoms with E-state index in [-0.39, 0.29) is 11.1 Å². The van der Waals surface area contributed by atoms with Gasteiger partial charge in [-0.1, -0.05) is 45.1 Å². The molecule has 4 nitrogen and oxygen atoms in total.